The molecule has 0 spiro atoms. The number of hydrogen-bond acceptors (Lipinski definition) is 2. The first-order valence-electron chi connectivity index (χ1n) is 5.11. The van der Waals surface area contributed by atoms with Crippen LogP contribution in [0.25, 0.3) is 10.9 Å². The second-order valence-electron chi connectivity index (χ2n) is 4.02. The van der Waals surface area contributed by atoms with Gasteiger partial charge in [-0.3, -0.25) is 4.98 Å². The number of hydrogen-bond donors (Lipinski definition) is 1. The fourth-order valence-electron chi connectivity index (χ4n) is 1.83. The number of pyridine rings is 1. The fourth-order valence-corrected chi connectivity index (χ4v) is 1.83. The Morgan fingerprint density at radius 1 is 1.17 bits per heavy atom. The molecule has 0 aliphatic heterocycles. The van der Waals surface area contributed by atoms with Crippen molar-refractivity contribution in [3.8, 4) is 0 Å². The van der Waals surface area contributed by atoms with Crippen LogP contribution in [0.3, 0.4) is 0 Å². The first kappa shape index (κ1) is 16.0. The molecular formula is C13H17NO4. The lowest BCUT2D eigenvalue weighted by Crippen LogP contribution is -2.01. The number of aromatic carboxylic acids is 1. The van der Waals surface area contributed by atoms with Crippen LogP contribution in [-0.2, 0) is 0 Å². The highest BCUT2D eigenvalue weighted by atomic mass is 16.4. The summed E-state index contributed by atoms with van der Waals surface area (Å²) in [5.74, 6) is -0.904. The summed E-state index contributed by atoms with van der Waals surface area (Å²) in [5, 5.41) is 9.85. The molecule has 1 aromatic carbocycles. The van der Waals surface area contributed by atoms with E-state index < -0.39 is 5.97 Å². The van der Waals surface area contributed by atoms with Gasteiger partial charge in [0.1, 0.15) is 0 Å². The summed E-state index contributed by atoms with van der Waals surface area (Å²) >= 11 is 0. The molecule has 5 heteroatoms. The minimum atomic E-state index is -0.904. The Kier molecular flexibility index (Phi) is 4.96. The summed E-state index contributed by atoms with van der Waals surface area (Å²) in [6.07, 6.45) is 0. The molecule has 1 aromatic heterocycles. The van der Waals surface area contributed by atoms with Crippen molar-refractivity contribution >= 4 is 16.9 Å². The summed E-state index contributed by atoms with van der Waals surface area (Å²) in [4.78, 5) is 15.6. The molecule has 0 radical (unpaired) electrons. The number of nitrogens with zero attached hydrogens (tertiary/aromatic N) is 1. The number of aromatic nitrogens is 1. The Labute approximate surface area is 105 Å². The minimum absolute atomic E-state index is 0. The van der Waals surface area contributed by atoms with Gasteiger partial charge in [-0.15, -0.1) is 0 Å². The SMILES string of the molecule is Cc1cc(C(=O)O)c2ccc(C)c(C)c2n1.O.O. The molecule has 0 aliphatic carbocycles. The van der Waals surface area contributed by atoms with Crippen molar-refractivity contribution in [2.45, 2.75) is 20.8 Å². The highest BCUT2D eigenvalue weighted by Gasteiger charge is 2.12. The zero-order valence-corrected chi connectivity index (χ0v) is 10.5. The highest BCUT2D eigenvalue weighted by molar-refractivity contribution is 6.03. The number of carboxylic acids is 1. The normalized spacial score (nSPS) is 9.50. The van der Waals surface area contributed by atoms with Crippen molar-refractivity contribution in [3.63, 3.8) is 0 Å². The van der Waals surface area contributed by atoms with Gasteiger partial charge in [0.2, 0.25) is 0 Å². The van der Waals surface area contributed by atoms with Crippen LogP contribution in [0, 0.1) is 20.8 Å². The van der Waals surface area contributed by atoms with Crippen molar-refractivity contribution in [3.05, 3.63) is 40.6 Å². The molecule has 18 heavy (non-hydrogen) atoms. The van der Waals surface area contributed by atoms with E-state index in [9.17, 15) is 4.79 Å². The third kappa shape index (κ3) is 2.47. The smallest absolute Gasteiger partial charge is 0.336 e. The predicted octanol–water partition coefficient (Wildman–Crippen LogP) is 1.21. The van der Waals surface area contributed by atoms with Crippen molar-refractivity contribution < 1.29 is 20.9 Å². The summed E-state index contributed by atoms with van der Waals surface area (Å²) < 4.78 is 0. The molecule has 0 amide bonds. The van der Waals surface area contributed by atoms with Gasteiger partial charge in [0.05, 0.1) is 11.1 Å². The Balaban J connectivity index is 0.00000144. The standard InChI is InChI=1S/C13H13NO2.2H2O/c1-7-4-5-10-11(13(15)16)6-8(2)14-12(10)9(7)3;;/h4-6H,1-3H3,(H,15,16);2*1H2. The van der Waals surface area contributed by atoms with E-state index in [2.05, 4.69) is 4.98 Å². The van der Waals surface area contributed by atoms with Crippen LogP contribution in [0.5, 0.6) is 0 Å². The van der Waals surface area contributed by atoms with Crippen LogP contribution in [0.4, 0.5) is 0 Å². The monoisotopic (exact) mass is 251 g/mol. The quantitative estimate of drug-likeness (QED) is 0.821. The maximum Gasteiger partial charge on any atom is 0.336 e. The van der Waals surface area contributed by atoms with Gasteiger partial charge >= 0.3 is 5.97 Å². The molecule has 0 saturated carbocycles. The van der Waals surface area contributed by atoms with Crippen LogP contribution in [-0.4, -0.2) is 27.0 Å². The highest BCUT2D eigenvalue weighted by Crippen LogP contribution is 2.23. The maximum absolute atomic E-state index is 11.1. The summed E-state index contributed by atoms with van der Waals surface area (Å²) in [5.41, 5.74) is 4.02. The molecule has 5 nitrogen and oxygen atoms in total. The molecule has 0 bridgehead atoms. The van der Waals surface area contributed by atoms with E-state index in [-0.39, 0.29) is 11.0 Å². The summed E-state index contributed by atoms with van der Waals surface area (Å²) in [6.45, 7) is 5.78. The predicted molar refractivity (Wildman–Crippen MR) is 70.1 cm³/mol. The minimum Gasteiger partial charge on any atom is -0.478 e. The maximum atomic E-state index is 11.1. The second kappa shape index (κ2) is 5.57. The third-order valence-corrected chi connectivity index (χ3v) is 2.86. The van der Waals surface area contributed by atoms with E-state index in [1.54, 1.807) is 6.07 Å². The van der Waals surface area contributed by atoms with Crippen LogP contribution in [0.2, 0.25) is 0 Å². The van der Waals surface area contributed by atoms with Crippen LogP contribution >= 0.6 is 0 Å². The Morgan fingerprint density at radius 2 is 1.78 bits per heavy atom. The van der Waals surface area contributed by atoms with E-state index in [0.717, 1.165) is 22.3 Å². The van der Waals surface area contributed by atoms with Gasteiger partial charge in [0.25, 0.3) is 0 Å². The van der Waals surface area contributed by atoms with Gasteiger partial charge in [0.15, 0.2) is 0 Å². The van der Waals surface area contributed by atoms with Gasteiger partial charge in [-0.05, 0) is 38.0 Å². The Morgan fingerprint density at radius 3 is 2.33 bits per heavy atom. The Hall–Kier alpha value is -1.98. The molecule has 0 unspecified atom stereocenters. The van der Waals surface area contributed by atoms with Gasteiger partial charge in [-0.2, -0.15) is 0 Å². The van der Waals surface area contributed by atoms with Crippen molar-refractivity contribution in [2.75, 3.05) is 0 Å². The van der Waals surface area contributed by atoms with Crippen LogP contribution in [0.15, 0.2) is 18.2 Å². The topological polar surface area (TPSA) is 113 Å². The fraction of sp³-hybridized carbons (Fsp3) is 0.231. The number of benzene rings is 1. The lowest BCUT2D eigenvalue weighted by atomic mass is 10.0. The number of fused-ring (bicyclic) bond motifs is 1. The number of aryl methyl sites for hydroxylation is 3. The average Bonchev–Trinajstić information content (AvgIpc) is 2.23. The molecule has 1 heterocycles. The van der Waals surface area contributed by atoms with E-state index in [4.69, 9.17) is 5.11 Å². The molecule has 0 atom stereocenters. The van der Waals surface area contributed by atoms with E-state index in [1.165, 1.54) is 0 Å². The largest absolute Gasteiger partial charge is 0.478 e. The molecule has 2 aromatic rings. The summed E-state index contributed by atoms with van der Waals surface area (Å²) in [7, 11) is 0. The Bertz CT molecular complexity index is 593. The lowest BCUT2D eigenvalue weighted by molar-refractivity contribution is 0.0699. The van der Waals surface area contributed by atoms with Gasteiger partial charge < -0.3 is 16.1 Å². The van der Waals surface area contributed by atoms with Crippen molar-refractivity contribution in [1.29, 1.82) is 0 Å². The first-order valence-corrected chi connectivity index (χ1v) is 5.11. The molecule has 2 rings (SSSR count). The van der Waals surface area contributed by atoms with Gasteiger partial charge in [0, 0.05) is 11.1 Å². The number of carbonyl (C=O) groups is 1. The third-order valence-electron chi connectivity index (χ3n) is 2.86. The lowest BCUT2D eigenvalue weighted by Gasteiger charge is -2.08. The molecule has 0 saturated heterocycles. The van der Waals surface area contributed by atoms with E-state index in [1.807, 2.05) is 32.9 Å². The van der Waals surface area contributed by atoms with Gasteiger partial charge in [-0.1, -0.05) is 12.1 Å². The number of carboxylic acid groups (broad SMARTS) is 1. The zero-order chi connectivity index (χ0) is 11.9. The second-order valence-corrected chi connectivity index (χ2v) is 4.02. The molecule has 98 valence electrons. The molecule has 0 aliphatic rings. The average molecular weight is 251 g/mol. The van der Waals surface area contributed by atoms with E-state index >= 15 is 0 Å². The summed E-state index contributed by atoms with van der Waals surface area (Å²) in [6, 6.07) is 5.37. The number of rotatable bonds is 1. The van der Waals surface area contributed by atoms with Crippen LogP contribution < -0.4 is 0 Å². The van der Waals surface area contributed by atoms with Crippen molar-refractivity contribution in [1.82, 2.24) is 4.98 Å². The zero-order valence-electron chi connectivity index (χ0n) is 10.5. The first-order chi connectivity index (χ1) is 7.50. The molecule has 5 N–H and O–H groups in total. The molecular weight excluding hydrogens is 234 g/mol. The van der Waals surface area contributed by atoms with E-state index in [0.29, 0.717) is 10.9 Å². The van der Waals surface area contributed by atoms with Crippen molar-refractivity contribution in [2.24, 2.45) is 0 Å². The van der Waals surface area contributed by atoms with Gasteiger partial charge in [-0.25, -0.2) is 4.79 Å². The molecule has 0 fully saturated rings. The van der Waals surface area contributed by atoms with Crippen LogP contribution in [0.1, 0.15) is 27.2 Å².